The van der Waals surface area contributed by atoms with Gasteiger partial charge in [0.05, 0.1) is 6.42 Å². The molecule has 136 valence electrons. The van der Waals surface area contributed by atoms with Crippen molar-refractivity contribution in [2.45, 2.75) is 53.9 Å². The number of anilines is 1. The number of aryl methyl sites for hydroxylation is 5. The molecule has 26 heavy (non-hydrogen) atoms. The predicted octanol–water partition coefficient (Wildman–Crippen LogP) is 3.49. The number of nitrogens with zero attached hydrogens (tertiary/aromatic N) is 4. The minimum absolute atomic E-state index is 0.0572. The average molecular weight is 351 g/mol. The number of hydrogen-bond donors (Lipinski definition) is 1. The lowest BCUT2D eigenvalue weighted by Crippen LogP contribution is -2.18. The van der Waals surface area contributed by atoms with Crippen molar-refractivity contribution >= 4 is 17.4 Å². The van der Waals surface area contributed by atoms with Crippen molar-refractivity contribution in [1.82, 2.24) is 19.6 Å². The van der Waals surface area contributed by atoms with Crippen LogP contribution in [0.2, 0.25) is 0 Å². The molecule has 0 unspecified atom stereocenters. The molecule has 0 bridgehead atoms. The van der Waals surface area contributed by atoms with Crippen LogP contribution >= 0.6 is 0 Å². The van der Waals surface area contributed by atoms with Crippen LogP contribution in [0.1, 0.15) is 47.2 Å². The molecule has 1 N–H and O–H groups in total. The Morgan fingerprint density at radius 2 is 1.92 bits per heavy atom. The zero-order valence-electron chi connectivity index (χ0n) is 16.1. The van der Waals surface area contributed by atoms with Crippen molar-refractivity contribution in [2.75, 3.05) is 5.32 Å². The molecular weight excluding hydrogens is 326 g/mol. The minimum atomic E-state index is -0.0572. The van der Waals surface area contributed by atoms with Crippen LogP contribution in [0.3, 0.4) is 0 Å². The minimum Gasteiger partial charge on any atom is -0.326 e. The summed E-state index contributed by atoms with van der Waals surface area (Å²) in [5, 5.41) is 7.53. The third-order valence-corrected chi connectivity index (χ3v) is 4.56. The highest BCUT2D eigenvalue weighted by Gasteiger charge is 2.16. The largest absolute Gasteiger partial charge is 0.326 e. The summed E-state index contributed by atoms with van der Waals surface area (Å²) in [5.74, 6) is 1.33. The average Bonchev–Trinajstić information content (AvgIpc) is 2.97. The van der Waals surface area contributed by atoms with E-state index < -0.39 is 0 Å². The topological polar surface area (TPSA) is 72.2 Å². The van der Waals surface area contributed by atoms with Crippen molar-refractivity contribution in [3.05, 3.63) is 52.1 Å². The summed E-state index contributed by atoms with van der Waals surface area (Å²) < 4.78 is 1.75. The van der Waals surface area contributed by atoms with Crippen LogP contribution in [0, 0.1) is 27.7 Å². The lowest BCUT2D eigenvalue weighted by molar-refractivity contribution is -0.115. The van der Waals surface area contributed by atoms with E-state index in [9.17, 15) is 4.79 Å². The van der Waals surface area contributed by atoms with Gasteiger partial charge in [-0.2, -0.15) is 4.98 Å². The zero-order valence-corrected chi connectivity index (χ0v) is 16.1. The summed E-state index contributed by atoms with van der Waals surface area (Å²) in [6.07, 6.45) is 2.07. The summed E-state index contributed by atoms with van der Waals surface area (Å²) in [5.41, 5.74) is 5.71. The SMILES string of the molecule is CCCc1nc2nc(C)c(CC(=O)Nc3ccc(C)cc3C)c(C)n2n1. The summed E-state index contributed by atoms with van der Waals surface area (Å²) in [6.45, 7) is 10.0. The number of amides is 1. The highest BCUT2D eigenvalue weighted by molar-refractivity contribution is 5.93. The Balaban J connectivity index is 1.86. The molecule has 0 fully saturated rings. The van der Waals surface area contributed by atoms with E-state index in [4.69, 9.17) is 0 Å². The fourth-order valence-electron chi connectivity index (χ4n) is 3.14. The Labute approximate surface area is 153 Å². The molecule has 1 aromatic carbocycles. The molecule has 0 aliphatic heterocycles. The normalized spacial score (nSPS) is 11.1. The van der Waals surface area contributed by atoms with Crippen LogP contribution in [0.15, 0.2) is 18.2 Å². The van der Waals surface area contributed by atoms with Crippen LogP contribution < -0.4 is 5.32 Å². The molecule has 0 radical (unpaired) electrons. The first-order chi connectivity index (χ1) is 12.4. The molecule has 0 aliphatic rings. The standard InChI is InChI=1S/C20H25N5O/c1-6-7-18-23-20-21-14(4)16(15(5)25(20)24-18)11-19(26)22-17-9-8-12(2)10-13(17)3/h8-10H,6-7,11H2,1-5H3,(H,22,26). The van der Waals surface area contributed by atoms with E-state index in [2.05, 4.69) is 33.4 Å². The third-order valence-electron chi connectivity index (χ3n) is 4.56. The second-order valence-electron chi connectivity index (χ2n) is 6.79. The van der Waals surface area contributed by atoms with E-state index in [1.165, 1.54) is 5.56 Å². The summed E-state index contributed by atoms with van der Waals surface area (Å²) >= 11 is 0. The molecule has 3 rings (SSSR count). The number of benzene rings is 1. The van der Waals surface area contributed by atoms with Crippen molar-refractivity contribution in [2.24, 2.45) is 0 Å². The number of nitrogens with one attached hydrogen (secondary N) is 1. The van der Waals surface area contributed by atoms with Crippen molar-refractivity contribution in [3.8, 4) is 0 Å². The Kier molecular flexibility index (Phi) is 5.02. The van der Waals surface area contributed by atoms with Crippen LogP contribution in [-0.4, -0.2) is 25.5 Å². The number of rotatable bonds is 5. The Morgan fingerprint density at radius 3 is 2.62 bits per heavy atom. The van der Waals surface area contributed by atoms with E-state index in [1.54, 1.807) is 4.52 Å². The second kappa shape index (κ2) is 7.23. The first kappa shape index (κ1) is 18.0. The van der Waals surface area contributed by atoms with Gasteiger partial charge in [-0.1, -0.05) is 24.6 Å². The van der Waals surface area contributed by atoms with E-state index in [-0.39, 0.29) is 12.3 Å². The lowest BCUT2D eigenvalue weighted by Gasteiger charge is -2.12. The molecule has 0 saturated carbocycles. The maximum atomic E-state index is 12.6. The van der Waals surface area contributed by atoms with Gasteiger partial charge in [0.1, 0.15) is 0 Å². The number of carbonyl (C=O) groups is 1. The summed E-state index contributed by atoms with van der Waals surface area (Å²) in [6, 6.07) is 6.00. The quantitative estimate of drug-likeness (QED) is 0.764. The van der Waals surface area contributed by atoms with Gasteiger partial charge in [-0.3, -0.25) is 4.79 Å². The zero-order chi connectivity index (χ0) is 18.8. The smallest absolute Gasteiger partial charge is 0.252 e. The Hall–Kier alpha value is -2.76. The van der Waals surface area contributed by atoms with Gasteiger partial charge < -0.3 is 5.32 Å². The number of aromatic nitrogens is 4. The second-order valence-corrected chi connectivity index (χ2v) is 6.79. The van der Waals surface area contributed by atoms with Gasteiger partial charge in [0.2, 0.25) is 5.91 Å². The highest BCUT2D eigenvalue weighted by Crippen LogP contribution is 2.18. The summed E-state index contributed by atoms with van der Waals surface area (Å²) in [7, 11) is 0. The van der Waals surface area contributed by atoms with Gasteiger partial charge in [0, 0.05) is 29.1 Å². The van der Waals surface area contributed by atoms with E-state index in [1.807, 2.05) is 39.8 Å². The van der Waals surface area contributed by atoms with Gasteiger partial charge >= 0.3 is 0 Å². The van der Waals surface area contributed by atoms with E-state index in [0.717, 1.165) is 46.9 Å². The van der Waals surface area contributed by atoms with Gasteiger partial charge in [-0.15, -0.1) is 5.10 Å². The van der Waals surface area contributed by atoms with E-state index in [0.29, 0.717) is 5.78 Å². The molecule has 0 spiro atoms. The number of hydrogen-bond acceptors (Lipinski definition) is 4. The van der Waals surface area contributed by atoms with Gasteiger partial charge in [0.15, 0.2) is 5.82 Å². The monoisotopic (exact) mass is 351 g/mol. The fraction of sp³-hybridized carbons (Fsp3) is 0.400. The van der Waals surface area contributed by atoms with Crippen LogP contribution in [0.4, 0.5) is 5.69 Å². The maximum Gasteiger partial charge on any atom is 0.252 e. The lowest BCUT2D eigenvalue weighted by atomic mass is 10.1. The van der Waals surface area contributed by atoms with Crippen LogP contribution in [0.25, 0.3) is 5.78 Å². The molecule has 6 nitrogen and oxygen atoms in total. The van der Waals surface area contributed by atoms with Gasteiger partial charge in [-0.25, -0.2) is 9.50 Å². The molecular formula is C20H25N5O. The molecule has 0 aliphatic carbocycles. The molecule has 0 atom stereocenters. The highest BCUT2D eigenvalue weighted by atomic mass is 16.1. The Morgan fingerprint density at radius 1 is 1.15 bits per heavy atom. The van der Waals surface area contributed by atoms with E-state index >= 15 is 0 Å². The molecule has 0 saturated heterocycles. The molecule has 1 amide bonds. The van der Waals surface area contributed by atoms with Crippen LogP contribution in [0.5, 0.6) is 0 Å². The molecule has 2 heterocycles. The first-order valence-electron chi connectivity index (χ1n) is 8.98. The number of carbonyl (C=O) groups excluding carboxylic acids is 1. The molecule has 3 aromatic rings. The van der Waals surface area contributed by atoms with Crippen molar-refractivity contribution in [3.63, 3.8) is 0 Å². The number of fused-ring (bicyclic) bond motifs is 1. The first-order valence-corrected chi connectivity index (χ1v) is 8.98. The third kappa shape index (κ3) is 3.59. The summed E-state index contributed by atoms with van der Waals surface area (Å²) in [4.78, 5) is 21.6. The van der Waals surface area contributed by atoms with Crippen LogP contribution in [-0.2, 0) is 17.6 Å². The predicted molar refractivity (Wildman–Crippen MR) is 103 cm³/mol. The molecule has 6 heteroatoms. The maximum absolute atomic E-state index is 12.6. The fourth-order valence-corrected chi connectivity index (χ4v) is 3.14. The molecule has 2 aromatic heterocycles. The Bertz CT molecular complexity index is 974. The van der Waals surface area contributed by atoms with Crippen molar-refractivity contribution in [1.29, 1.82) is 0 Å². The van der Waals surface area contributed by atoms with Crippen molar-refractivity contribution < 1.29 is 4.79 Å². The van der Waals surface area contributed by atoms with Gasteiger partial charge in [0.25, 0.3) is 5.78 Å². The van der Waals surface area contributed by atoms with Gasteiger partial charge in [-0.05, 0) is 45.7 Å².